The highest BCUT2D eigenvalue weighted by molar-refractivity contribution is 7.88. The van der Waals surface area contributed by atoms with Crippen LogP contribution in [0.25, 0.3) is 0 Å². The average Bonchev–Trinajstić information content (AvgIpc) is 3.23. The molecule has 2 aliphatic heterocycles. The first-order chi connectivity index (χ1) is 16.5. The lowest BCUT2D eigenvalue weighted by molar-refractivity contribution is -0.0842. The summed E-state index contributed by atoms with van der Waals surface area (Å²) in [4.78, 5) is 0. The fourth-order valence-electron chi connectivity index (χ4n) is 10.9. The van der Waals surface area contributed by atoms with Crippen LogP contribution in [0.1, 0.15) is 91.9 Å². The normalized spacial score (nSPS) is 56.1. The van der Waals surface area contributed by atoms with Crippen molar-refractivity contribution >= 4 is 10.0 Å². The topological polar surface area (TPSA) is 67.4 Å². The van der Waals surface area contributed by atoms with E-state index in [1.165, 1.54) is 57.6 Å². The predicted octanol–water partition coefficient (Wildman–Crippen LogP) is 4.96. The molecule has 13 atom stereocenters. The Morgan fingerprint density at radius 1 is 0.943 bits per heavy atom. The molecule has 1 spiro atoms. The van der Waals surface area contributed by atoms with Gasteiger partial charge in [0.15, 0.2) is 0 Å². The molecule has 0 bridgehead atoms. The van der Waals surface area contributed by atoms with E-state index in [9.17, 15) is 8.42 Å². The lowest BCUT2D eigenvalue weighted by atomic mass is 9.52. The summed E-state index contributed by atoms with van der Waals surface area (Å²) >= 11 is 0. The number of fused-ring (bicyclic) bond motifs is 6. The monoisotopic (exact) mass is 506 g/mol. The maximum Gasteiger partial charge on any atom is 0.208 e. The van der Waals surface area contributed by atoms with E-state index in [0.717, 1.165) is 54.9 Å². The quantitative estimate of drug-likeness (QED) is 0.555. The summed E-state index contributed by atoms with van der Waals surface area (Å²) in [6.45, 7) is 11.1. The van der Waals surface area contributed by atoms with Crippen LogP contribution in [0.15, 0.2) is 0 Å². The number of hydrogen-bond donors (Lipinski definition) is 2. The van der Waals surface area contributed by atoms with Gasteiger partial charge in [-0.1, -0.05) is 27.7 Å². The van der Waals surface area contributed by atoms with Crippen molar-refractivity contribution in [3.05, 3.63) is 0 Å². The van der Waals surface area contributed by atoms with Crippen molar-refractivity contribution in [3.8, 4) is 0 Å². The highest BCUT2D eigenvalue weighted by Crippen LogP contribution is 2.66. The second-order valence-electron chi connectivity index (χ2n) is 14.5. The number of hydrogen-bond acceptors (Lipinski definition) is 4. The van der Waals surface area contributed by atoms with Crippen molar-refractivity contribution in [2.24, 2.45) is 52.8 Å². The molecule has 0 aromatic carbocycles. The van der Waals surface area contributed by atoms with E-state index in [-0.39, 0.29) is 11.6 Å². The Balaban J connectivity index is 1.18. The van der Waals surface area contributed by atoms with Gasteiger partial charge in [0.1, 0.15) is 0 Å². The van der Waals surface area contributed by atoms with E-state index >= 15 is 0 Å². The third-order valence-corrected chi connectivity index (χ3v) is 13.3. The van der Waals surface area contributed by atoms with E-state index in [4.69, 9.17) is 4.74 Å². The van der Waals surface area contributed by atoms with Gasteiger partial charge in [0.25, 0.3) is 0 Å². The van der Waals surface area contributed by atoms with Crippen LogP contribution in [-0.2, 0) is 14.8 Å². The lowest BCUT2D eigenvalue weighted by Crippen LogP contribution is -2.50. The smallest absolute Gasteiger partial charge is 0.208 e. The Kier molecular flexibility index (Phi) is 6.23. The molecule has 6 rings (SSSR count). The van der Waals surface area contributed by atoms with Gasteiger partial charge in [-0.15, -0.1) is 0 Å². The van der Waals surface area contributed by atoms with Crippen molar-refractivity contribution < 1.29 is 13.2 Å². The number of sulfonamides is 1. The average molecular weight is 507 g/mol. The minimum atomic E-state index is -3.12. The molecule has 2 heterocycles. The zero-order valence-electron chi connectivity index (χ0n) is 22.8. The van der Waals surface area contributed by atoms with Gasteiger partial charge in [-0.25, -0.2) is 13.1 Å². The van der Waals surface area contributed by atoms with E-state index in [2.05, 4.69) is 37.7 Å². The minimum Gasteiger partial charge on any atom is -0.370 e. The van der Waals surface area contributed by atoms with E-state index in [1.807, 2.05) is 0 Å². The van der Waals surface area contributed by atoms with Crippen LogP contribution in [0.2, 0.25) is 0 Å². The number of ether oxygens (including phenoxy) is 1. The third-order valence-electron chi connectivity index (χ3n) is 12.5. The van der Waals surface area contributed by atoms with Crippen LogP contribution >= 0.6 is 0 Å². The molecular formula is C29H50N2O3S. The van der Waals surface area contributed by atoms with E-state index in [0.29, 0.717) is 29.4 Å². The van der Waals surface area contributed by atoms with Crippen molar-refractivity contribution in [2.45, 2.75) is 116 Å². The van der Waals surface area contributed by atoms with E-state index < -0.39 is 10.0 Å². The Labute approximate surface area is 214 Å². The summed E-state index contributed by atoms with van der Waals surface area (Å²) in [5.74, 6) is 6.16. The standard InChI is InChI=1S/C29H50N2O3S/c1-17-12-26-27(30-16-17)19(3)29(34-26)11-9-22-23-7-6-20-13-21(31-35(5,32)33)8-10-28(20,4)25(23)14-24(22)18(2)15-29/h17-27,30-31H,6-16H2,1-5H3/t17-,18?,19+,20+,21+,22-,23-,24?,25-,26+,27-,28-,29-/m0/s1. The number of rotatable bonds is 2. The van der Waals surface area contributed by atoms with Crippen LogP contribution in [0.4, 0.5) is 0 Å². The van der Waals surface area contributed by atoms with Gasteiger partial charge in [-0.05, 0) is 118 Å². The fourth-order valence-corrected chi connectivity index (χ4v) is 11.7. The van der Waals surface area contributed by atoms with Crippen molar-refractivity contribution in [1.82, 2.24) is 10.0 Å². The summed E-state index contributed by atoms with van der Waals surface area (Å²) in [5.41, 5.74) is 0.483. The van der Waals surface area contributed by atoms with E-state index in [1.54, 1.807) is 0 Å². The first kappa shape index (κ1) is 25.1. The molecule has 0 aromatic rings. The number of piperidine rings is 1. The van der Waals surface area contributed by atoms with Crippen LogP contribution < -0.4 is 10.0 Å². The van der Waals surface area contributed by atoms with Gasteiger partial charge < -0.3 is 10.1 Å². The fraction of sp³-hybridized carbons (Fsp3) is 1.00. The second kappa shape index (κ2) is 8.68. The van der Waals surface area contributed by atoms with Gasteiger partial charge in [-0.3, -0.25) is 0 Å². The Hall–Kier alpha value is -0.170. The van der Waals surface area contributed by atoms with Crippen molar-refractivity contribution in [2.75, 3.05) is 12.8 Å². The van der Waals surface area contributed by atoms with Gasteiger partial charge in [0, 0.05) is 18.0 Å². The molecule has 5 nitrogen and oxygen atoms in total. The van der Waals surface area contributed by atoms with Gasteiger partial charge >= 0.3 is 0 Å². The molecule has 6 fully saturated rings. The lowest BCUT2D eigenvalue weighted by Gasteiger charge is -2.54. The maximum absolute atomic E-state index is 11.9. The summed E-state index contributed by atoms with van der Waals surface area (Å²) in [6, 6.07) is 0.695. The van der Waals surface area contributed by atoms with Gasteiger partial charge in [0.2, 0.25) is 10.0 Å². The van der Waals surface area contributed by atoms with Crippen molar-refractivity contribution in [3.63, 3.8) is 0 Å². The van der Waals surface area contributed by atoms with Gasteiger partial charge in [-0.2, -0.15) is 0 Å². The molecule has 6 aliphatic rings. The third kappa shape index (κ3) is 4.15. The molecule has 6 heteroatoms. The highest BCUT2D eigenvalue weighted by Gasteiger charge is 2.61. The SMILES string of the molecule is CC1C[C@]2(CC[C@@H]3C1C[C@H]1[C@H]3CC[C@@H]3C[C@H](NS(C)(=O)=O)CC[C@@]31C)O[C@@H]1C[C@H](C)CN[C@H]1[C@H]2C. The molecule has 4 aliphatic carbocycles. The Morgan fingerprint density at radius 3 is 2.51 bits per heavy atom. The summed E-state index contributed by atoms with van der Waals surface area (Å²) in [5, 5.41) is 3.87. The van der Waals surface area contributed by atoms with Crippen LogP contribution in [0, 0.1) is 52.8 Å². The van der Waals surface area contributed by atoms with Crippen LogP contribution in [0.5, 0.6) is 0 Å². The molecule has 0 amide bonds. The second-order valence-corrected chi connectivity index (χ2v) is 16.3. The largest absolute Gasteiger partial charge is 0.370 e. The molecule has 0 aromatic heterocycles. The van der Waals surface area contributed by atoms with Crippen molar-refractivity contribution in [1.29, 1.82) is 0 Å². The zero-order valence-corrected chi connectivity index (χ0v) is 23.6. The maximum atomic E-state index is 11.9. The molecule has 2 N–H and O–H groups in total. The predicted molar refractivity (Wildman–Crippen MR) is 140 cm³/mol. The minimum absolute atomic E-state index is 0.0854. The number of nitrogens with one attached hydrogen (secondary N) is 2. The molecule has 2 unspecified atom stereocenters. The molecular weight excluding hydrogens is 456 g/mol. The molecule has 0 radical (unpaired) electrons. The van der Waals surface area contributed by atoms with Gasteiger partial charge in [0.05, 0.1) is 18.0 Å². The van der Waals surface area contributed by atoms with Crippen LogP contribution in [-0.4, -0.2) is 45.0 Å². The summed E-state index contributed by atoms with van der Waals surface area (Å²) in [7, 11) is -3.12. The highest BCUT2D eigenvalue weighted by atomic mass is 32.2. The summed E-state index contributed by atoms with van der Waals surface area (Å²) in [6.07, 6.45) is 14.1. The van der Waals surface area contributed by atoms with Crippen LogP contribution in [0.3, 0.4) is 0 Å². The zero-order chi connectivity index (χ0) is 24.8. The first-order valence-electron chi connectivity index (χ1n) is 14.9. The molecule has 35 heavy (non-hydrogen) atoms. The Morgan fingerprint density at radius 2 is 1.74 bits per heavy atom. The summed E-state index contributed by atoms with van der Waals surface area (Å²) < 4.78 is 33.7. The molecule has 200 valence electrons. The molecule has 2 saturated heterocycles. The Bertz CT molecular complexity index is 925. The first-order valence-corrected chi connectivity index (χ1v) is 16.8. The molecule has 4 saturated carbocycles.